The number of rotatable bonds is 11. The summed E-state index contributed by atoms with van der Waals surface area (Å²) in [5.41, 5.74) is 2.78. The molecule has 0 unspecified atom stereocenters. The standard InChI is InChI=1S/C31H40N10O8S2/c1-29(2,3)47-25(45)31(7,8)49-40-20(17-14-50-27(37-17)39-28(46)48-30(4,5)6)23(44)38-19-16(36-22(19)43)11-33-21(42)18-12-34-24(51-18)15-10-35-26(32)41(9)13-15/h10,12-14,16,19,32H,11H2,1-9H3,(H4,33,36,37,38,39,42,43,44,46)/p+1/b40-20-/t16-,19+/m1/s1. The zero-order valence-corrected chi connectivity index (χ0v) is 31.2. The highest BCUT2D eigenvalue weighted by molar-refractivity contribution is 7.16. The minimum Gasteiger partial charge on any atom is -0.457 e. The number of anilines is 2. The summed E-state index contributed by atoms with van der Waals surface area (Å²) in [4.78, 5) is 82.7. The van der Waals surface area contributed by atoms with E-state index >= 15 is 0 Å². The smallest absolute Gasteiger partial charge is 0.413 e. The first-order valence-electron chi connectivity index (χ1n) is 15.5. The van der Waals surface area contributed by atoms with Gasteiger partial charge in [-0.15, -0.1) is 22.7 Å². The lowest BCUT2D eigenvalue weighted by molar-refractivity contribution is -0.658. The Kier molecular flexibility index (Phi) is 11.3. The topological polar surface area (TPSA) is 242 Å². The molecular formula is C31H41N10O8S2+. The van der Waals surface area contributed by atoms with Crippen molar-refractivity contribution in [1.29, 1.82) is 0 Å². The normalized spacial score (nSPS) is 16.3. The molecule has 2 atom stereocenters. The van der Waals surface area contributed by atoms with E-state index < -0.39 is 64.4 Å². The van der Waals surface area contributed by atoms with Crippen LogP contribution in [0.15, 0.2) is 29.1 Å². The molecule has 18 nitrogen and oxygen atoms in total. The van der Waals surface area contributed by atoms with E-state index in [1.54, 1.807) is 65.6 Å². The highest BCUT2D eigenvalue weighted by atomic mass is 32.1. The fourth-order valence-corrected chi connectivity index (χ4v) is 5.56. The number of amides is 4. The Morgan fingerprint density at radius 3 is 2.35 bits per heavy atom. The van der Waals surface area contributed by atoms with Gasteiger partial charge in [0.15, 0.2) is 10.8 Å². The molecule has 20 heteroatoms. The van der Waals surface area contributed by atoms with Gasteiger partial charge in [0.1, 0.15) is 39.0 Å². The summed E-state index contributed by atoms with van der Waals surface area (Å²) >= 11 is 2.12. The summed E-state index contributed by atoms with van der Waals surface area (Å²) in [5.74, 6) is -2.25. The highest BCUT2D eigenvalue weighted by Crippen LogP contribution is 2.24. The molecule has 1 aliphatic rings. The molecule has 4 rings (SSSR count). The first kappa shape index (κ1) is 38.6. The molecule has 1 saturated heterocycles. The second-order valence-electron chi connectivity index (χ2n) is 13.8. The predicted octanol–water partition coefficient (Wildman–Crippen LogP) is 1.67. The Morgan fingerprint density at radius 2 is 1.73 bits per heavy atom. The van der Waals surface area contributed by atoms with E-state index in [-0.39, 0.29) is 17.4 Å². The lowest BCUT2D eigenvalue weighted by atomic mass is 9.98. The van der Waals surface area contributed by atoms with E-state index in [0.29, 0.717) is 21.4 Å². The quantitative estimate of drug-likeness (QED) is 0.0619. The number of nitrogens with one attached hydrogen (secondary N) is 4. The first-order valence-corrected chi connectivity index (χ1v) is 17.2. The van der Waals surface area contributed by atoms with Crippen LogP contribution in [0, 0.1) is 0 Å². The van der Waals surface area contributed by atoms with Crippen molar-refractivity contribution in [2.45, 2.75) is 84.3 Å². The summed E-state index contributed by atoms with van der Waals surface area (Å²) < 4.78 is 12.3. The minimum absolute atomic E-state index is 0.0287. The number of carbonyl (C=O) groups excluding carboxylic acids is 5. The van der Waals surface area contributed by atoms with E-state index in [2.05, 4.69) is 41.4 Å². The van der Waals surface area contributed by atoms with Crippen LogP contribution >= 0.6 is 22.7 Å². The number of hydrogen-bond donors (Lipinski definition) is 5. The number of esters is 1. The number of oxime groups is 1. The molecule has 3 aromatic rings. The molecule has 4 amide bonds. The maximum absolute atomic E-state index is 13.6. The summed E-state index contributed by atoms with van der Waals surface area (Å²) in [6, 6.07) is -1.75. The van der Waals surface area contributed by atoms with Crippen LogP contribution in [-0.4, -0.2) is 85.9 Å². The molecule has 0 aromatic carbocycles. The van der Waals surface area contributed by atoms with Gasteiger partial charge < -0.3 is 30.3 Å². The Hall–Kier alpha value is -5.24. The lowest BCUT2D eigenvalue weighted by Crippen LogP contribution is -2.72. The molecule has 6 N–H and O–H groups in total. The third-order valence-corrected chi connectivity index (χ3v) is 8.42. The molecule has 0 saturated carbocycles. The van der Waals surface area contributed by atoms with Gasteiger partial charge in [-0.2, -0.15) is 0 Å². The van der Waals surface area contributed by atoms with Crippen molar-refractivity contribution in [3.05, 3.63) is 34.5 Å². The van der Waals surface area contributed by atoms with Gasteiger partial charge in [-0.3, -0.25) is 25.4 Å². The third kappa shape index (κ3) is 10.4. The first-order chi connectivity index (χ1) is 23.6. The molecule has 1 fully saturated rings. The average Bonchev–Trinajstić information content (AvgIpc) is 3.68. The number of nitrogen functional groups attached to an aromatic ring is 1. The molecule has 0 radical (unpaired) electrons. The number of nitrogens with zero attached hydrogens (tertiary/aromatic N) is 5. The van der Waals surface area contributed by atoms with Crippen molar-refractivity contribution in [3.8, 4) is 10.6 Å². The molecule has 1 aliphatic heterocycles. The Balaban J connectivity index is 1.47. The summed E-state index contributed by atoms with van der Waals surface area (Å²) in [5, 5.41) is 16.5. The van der Waals surface area contributed by atoms with E-state index in [1.165, 1.54) is 25.4 Å². The van der Waals surface area contributed by atoms with E-state index in [0.717, 1.165) is 22.7 Å². The van der Waals surface area contributed by atoms with Crippen LogP contribution in [0.4, 0.5) is 15.9 Å². The number of nitrogens with two attached hydrogens (primary N) is 1. The fourth-order valence-electron chi connectivity index (χ4n) is 4.07. The Labute approximate surface area is 301 Å². The van der Waals surface area contributed by atoms with Crippen LogP contribution in [-0.2, 0) is 35.7 Å². The van der Waals surface area contributed by atoms with Gasteiger partial charge in [0.05, 0.1) is 31.0 Å². The van der Waals surface area contributed by atoms with Crippen LogP contribution < -0.4 is 31.6 Å². The molecule has 51 heavy (non-hydrogen) atoms. The van der Waals surface area contributed by atoms with Crippen molar-refractivity contribution in [1.82, 2.24) is 30.9 Å². The van der Waals surface area contributed by atoms with Crippen LogP contribution in [0.5, 0.6) is 0 Å². The van der Waals surface area contributed by atoms with E-state index in [1.807, 2.05) is 0 Å². The number of hydrogen-bond acceptors (Lipinski definition) is 15. The minimum atomic E-state index is -1.63. The van der Waals surface area contributed by atoms with Gasteiger partial charge in [-0.05, 0) is 55.4 Å². The monoisotopic (exact) mass is 745 g/mol. The lowest BCUT2D eigenvalue weighted by Gasteiger charge is -2.37. The van der Waals surface area contributed by atoms with E-state index in [4.69, 9.17) is 20.0 Å². The van der Waals surface area contributed by atoms with Crippen LogP contribution in [0.3, 0.4) is 0 Å². The second-order valence-corrected chi connectivity index (χ2v) is 15.7. The molecule has 0 bridgehead atoms. The molecule has 0 aliphatic carbocycles. The zero-order chi connectivity index (χ0) is 37.9. The molecule has 3 aromatic heterocycles. The SMILES string of the molecule is C[n+]1cc(-c2ncc(C(=O)NC[C@H]3NC(=O)[C@H]3NC(=O)/C(=N\OC(C)(C)C(=O)OC(C)(C)C)c3csc(NC(=O)OC(C)(C)C)n3)s2)cnc1N. The summed E-state index contributed by atoms with van der Waals surface area (Å²) in [7, 11) is 1.74. The molecular weight excluding hydrogens is 705 g/mol. The van der Waals surface area contributed by atoms with Crippen LogP contribution in [0.1, 0.15) is 70.8 Å². The number of carbonyl (C=O) groups is 5. The number of thiazole rings is 2. The van der Waals surface area contributed by atoms with Crippen LogP contribution in [0.25, 0.3) is 10.6 Å². The summed E-state index contributed by atoms with van der Waals surface area (Å²) in [6.45, 7) is 13.0. The van der Waals surface area contributed by atoms with Gasteiger partial charge >= 0.3 is 18.0 Å². The third-order valence-electron chi connectivity index (χ3n) is 6.61. The summed E-state index contributed by atoms with van der Waals surface area (Å²) in [6.07, 6.45) is 3.95. The fraction of sp³-hybridized carbons (Fsp3) is 0.484. The Bertz CT molecular complexity index is 1860. The zero-order valence-electron chi connectivity index (χ0n) is 29.6. The highest BCUT2D eigenvalue weighted by Gasteiger charge is 2.42. The van der Waals surface area contributed by atoms with E-state index in [9.17, 15) is 24.0 Å². The van der Waals surface area contributed by atoms with Gasteiger partial charge in [-0.25, -0.2) is 24.1 Å². The van der Waals surface area contributed by atoms with Gasteiger partial charge in [0.25, 0.3) is 11.8 Å². The number of aromatic nitrogens is 4. The average molecular weight is 746 g/mol. The molecule has 274 valence electrons. The predicted molar refractivity (Wildman–Crippen MR) is 187 cm³/mol. The van der Waals surface area contributed by atoms with Gasteiger partial charge in [0.2, 0.25) is 11.5 Å². The van der Waals surface area contributed by atoms with Crippen molar-refractivity contribution in [2.24, 2.45) is 12.2 Å². The number of β-lactam (4-membered cyclic amide) rings is 1. The maximum Gasteiger partial charge on any atom is 0.413 e. The number of aryl methyl sites for hydroxylation is 1. The van der Waals surface area contributed by atoms with Gasteiger partial charge in [-0.1, -0.05) is 10.1 Å². The van der Waals surface area contributed by atoms with Crippen molar-refractivity contribution in [2.75, 3.05) is 17.6 Å². The largest absolute Gasteiger partial charge is 0.457 e. The van der Waals surface area contributed by atoms with Gasteiger partial charge in [0, 0.05) is 11.9 Å². The molecule has 4 heterocycles. The van der Waals surface area contributed by atoms with Crippen molar-refractivity contribution < 1.29 is 42.9 Å². The second kappa shape index (κ2) is 14.9. The maximum atomic E-state index is 13.6. The van der Waals surface area contributed by atoms with Crippen molar-refractivity contribution in [3.63, 3.8) is 0 Å². The van der Waals surface area contributed by atoms with Crippen molar-refractivity contribution >= 4 is 69.2 Å². The van der Waals surface area contributed by atoms with Crippen LogP contribution in [0.2, 0.25) is 0 Å². The molecule has 0 spiro atoms. The Morgan fingerprint density at radius 1 is 1.04 bits per heavy atom. The number of ether oxygens (including phenoxy) is 2.